The highest BCUT2D eigenvalue weighted by molar-refractivity contribution is 7.98. The SMILES string of the molecule is O=C(COc1ccc(F)cc1)NCCSCc1ccc(Cl)cc1. The molecule has 6 heteroatoms. The standard InChI is InChI=1S/C17H17ClFNO2S/c18-14-3-1-13(2-4-14)12-23-10-9-20-17(21)11-22-16-7-5-15(19)6-8-16/h1-8H,9-12H2,(H,20,21). The Morgan fingerprint density at radius 1 is 1.13 bits per heavy atom. The number of amides is 1. The van der Waals surface area contributed by atoms with Crippen molar-refractivity contribution in [1.29, 1.82) is 0 Å². The fourth-order valence-electron chi connectivity index (χ4n) is 1.76. The molecule has 0 aromatic heterocycles. The molecule has 0 aliphatic rings. The van der Waals surface area contributed by atoms with Gasteiger partial charge in [-0.05, 0) is 42.0 Å². The molecular formula is C17H17ClFNO2S. The maximum absolute atomic E-state index is 12.7. The first-order valence-corrected chi connectivity index (χ1v) is 8.64. The topological polar surface area (TPSA) is 38.3 Å². The monoisotopic (exact) mass is 353 g/mol. The van der Waals surface area contributed by atoms with Gasteiger partial charge in [0.2, 0.25) is 0 Å². The number of carbonyl (C=O) groups excluding carboxylic acids is 1. The maximum atomic E-state index is 12.7. The molecule has 1 N–H and O–H groups in total. The molecule has 122 valence electrons. The Morgan fingerprint density at radius 3 is 2.52 bits per heavy atom. The van der Waals surface area contributed by atoms with Crippen molar-refractivity contribution >= 4 is 29.3 Å². The molecule has 0 aliphatic carbocycles. The van der Waals surface area contributed by atoms with Crippen molar-refractivity contribution in [3.05, 3.63) is 64.9 Å². The maximum Gasteiger partial charge on any atom is 0.257 e. The molecule has 0 atom stereocenters. The van der Waals surface area contributed by atoms with Crippen LogP contribution in [0.5, 0.6) is 5.75 Å². The summed E-state index contributed by atoms with van der Waals surface area (Å²) in [6.45, 7) is 0.497. The minimum Gasteiger partial charge on any atom is -0.484 e. The Hall–Kier alpha value is -1.72. The summed E-state index contributed by atoms with van der Waals surface area (Å²) in [7, 11) is 0. The van der Waals surface area contributed by atoms with Crippen LogP contribution < -0.4 is 10.1 Å². The van der Waals surface area contributed by atoms with E-state index in [4.69, 9.17) is 16.3 Å². The molecular weight excluding hydrogens is 337 g/mol. The van der Waals surface area contributed by atoms with Crippen LogP contribution in [0, 0.1) is 5.82 Å². The molecule has 0 saturated carbocycles. The molecule has 0 saturated heterocycles. The fraction of sp³-hybridized carbons (Fsp3) is 0.235. The quantitative estimate of drug-likeness (QED) is 0.731. The first kappa shape index (κ1) is 17.6. The molecule has 0 radical (unpaired) electrons. The Kier molecular flexibility index (Phi) is 7.23. The van der Waals surface area contributed by atoms with Gasteiger partial charge in [-0.3, -0.25) is 4.79 Å². The molecule has 2 aromatic carbocycles. The molecule has 0 spiro atoms. The van der Waals surface area contributed by atoms with Gasteiger partial charge in [0.25, 0.3) is 5.91 Å². The molecule has 1 amide bonds. The van der Waals surface area contributed by atoms with Crippen molar-refractivity contribution in [2.45, 2.75) is 5.75 Å². The van der Waals surface area contributed by atoms with Crippen LogP contribution >= 0.6 is 23.4 Å². The van der Waals surface area contributed by atoms with E-state index in [1.165, 1.54) is 29.8 Å². The smallest absolute Gasteiger partial charge is 0.257 e. The van der Waals surface area contributed by atoms with Crippen LogP contribution in [0.25, 0.3) is 0 Å². The van der Waals surface area contributed by atoms with Gasteiger partial charge in [0.05, 0.1) is 0 Å². The van der Waals surface area contributed by atoms with Crippen LogP contribution in [0.2, 0.25) is 5.02 Å². The third kappa shape index (κ3) is 6.93. The van der Waals surface area contributed by atoms with E-state index in [-0.39, 0.29) is 18.3 Å². The van der Waals surface area contributed by atoms with Crippen LogP contribution in [0.4, 0.5) is 4.39 Å². The van der Waals surface area contributed by atoms with Crippen LogP contribution in [0.1, 0.15) is 5.56 Å². The lowest BCUT2D eigenvalue weighted by atomic mass is 10.2. The highest BCUT2D eigenvalue weighted by Crippen LogP contribution is 2.15. The van der Waals surface area contributed by atoms with Crippen LogP contribution in [-0.2, 0) is 10.5 Å². The fourth-order valence-corrected chi connectivity index (χ4v) is 2.71. The molecule has 0 bridgehead atoms. The minimum atomic E-state index is -0.334. The van der Waals surface area contributed by atoms with Gasteiger partial charge in [-0.2, -0.15) is 11.8 Å². The number of hydrogen-bond acceptors (Lipinski definition) is 3. The lowest BCUT2D eigenvalue weighted by Gasteiger charge is -2.07. The second-order valence-electron chi connectivity index (χ2n) is 4.77. The van der Waals surface area contributed by atoms with Gasteiger partial charge in [-0.1, -0.05) is 23.7 Å². The molecule has 0 aliphatic heterocycles. The average molecular weight is 354 g/mol. The van der Waals surface area contributed by atoms with Gasteiger partial charge in [-0.15, -0.1) is 0 Å². The number of rotatable bonds is 8. The van der Waals surface area contributed by atoms with Gasteiger partial charge < -0.3 is 10.1 Å². The first-order valence-electron chi connectivity index (χ1n) is 7.11. The normalized spacial score (nSPS) is 10.3. The molecule has 0 heterocycles. The second-order valence-corrected chi connectivity index (χ2v) is 6.31. The summed E-state index contributed by atoms with van der Waals surface area (Å²) in [5.74, 6) is 1.63. The zero-order valence-electron chi connectivity index (χ0n) is 12.4. The van der Waals surface area contributed by atoms with Gasteiger partial charge in [0, 0.05) is 23.1 Å². The van der Waals surface area contributed by atoms with Crippen LogP contribution in [0.15, 0.2) is 48.5 Å². The van der Waals surface area contributed by atoms with Crippen molar-refractivity contribution in [2.24, 2.45) is 0 Å². The van der Waals surface area contributed by atoms with E-state index in [9.17, 15) is 9.18 Å². The molecule has 2 aromatic rings. The van der Waals surface area contributed by atoms with Gasteiger partial charge in [0.1, 0.15) is 11.6 Å². The molecule has 23 heavy (non-hydrogen) atoms. The van der Waals surface area contributed by atoms with Crippen molar-refractivity contribution in [3.63, 3.8) is 0 Å². The van der Waals surface area contributed by atoms with Crippen molar-refractivity contribution in [1.82, 2.24) is 5.32 Å². The predicted molar refractivity (Wildman–Crippen MR) is 92.5 cm³/mol. The number of ether oxygens (including phenoxy) is 1. The number of halogens is 2. The third-order valence-corrected chi connectivity index (χ3v) is 4.22. The Labute approximate surface area is 144 Å². The third-order valence-electron chi connectivity index (χ3n) is 2.93. The van der Waals surface area contributed by atoms with Crippen molar-refractivity contribution in [3.8, 4) is 5.75 Å². The summed E-state index contributed by atoms with van der Waals surface area (Å²) in [6, 6.07) is 13.3. The van der Waals surface area contributed by atoms with Gasteiger partial charge in [-0.25, -0.2) is 4.39 Å². The van der Waals surface area contributed by atoms with Gasteiger partial charge in [0.15, 0.2) is 6.61 Å². The molecule has 0 fully saturated rings. The lowest BCUT2D eigenvalue weighted by molar-refractivity contribution is -0.122. The van der Waals surface area contributed by atoms with Crippen molar-refractivity contribution < 1.29 is 13.9 Å². The van der Waals surface area contributed by atoms with E-state index in [2.05, 4.69) is 5.32 Å². The zero-order chi connectivity index (χ0) is 16.5. The van der Waals surface area contributed by atoms with E-state index in [1.54, 1.807) is 11.8 Å². The summed E-state index contributed by atoms with van der Waals surface area (Å²) in [5.41, 5.74) is 1.20. The molecule has 2 rings (SSSR count). The van der Waals surface area contributed by atoms with E-state index in [0.29, 0.717) is 12.3 Å². The number of hydrogen-bond donors (Lipinski definition) is 1. The van der Waals surface area contributed by atoms with E-state index in [0.717, 1.165) is 16.5 Å². The number of carbonyl (C=O) groups is 1. The summed E-state index contributed by atoms with van der Waals surface area (Å²) in [6.07, 6.45) is 0. The summed E-state index contributed by atoms with van der Waals surface area (Å²) in [4.78, 5) is 11.6. The summed E-state index contributed by atoms with van der Waals surface area (Å²) >= 11 is 7.56. The van der Waals surface area contributed by atoms with Crippen molar-refractivity contribution in [2.75, 3.05) is 18.9 Å². The zero-order valence-corrected chi connectivity index (χ0v) is 14.0. The van der Waals surface area contributed by atoms with Crippen LogP contribution in [-0.4, -0.2) is 24.8 Å². The Bertz CT molecular complexity index is 619. The number of benzene rings is 2. The summed E-state index contributed by atoms with van der Waals surface area (Å²) < 4.78 is 18.0. The predicted octanol–water partition coefficient (Wildman–Crippen LogP) is 3.91. The lowest BCUT2D eigenvalue weighted by Crippen LogP contribution is -2.30. The van der Waals surface area contributed by atoms with E-state index >= 15 is 0 Å². The van der Waals surface area contributed by atoms with Crippen LogP contribution in [0.3, 0.4) is 0 Å². The second kappa shape index (κ2) is 9.43. The minimum absolute atomic E-state index is 0.0759. The van der Waals surface area contributed by atoms with E-state index < -0.39 is 0 Å². The molecule has 0 unspecified atom stereocenters. The average Bonchev–Trinajstić information content (AvgIpc) is 2.56. The van der Waals surface area contributed by atoms with E-state index in [1.807, 2.05) is 24.3 Å². The van der Waals surface area contributed by atoms with Gasteiger partial charge >= 0.3 is 0 Å². The highest BCUT2D eigenvalue weighted by Gasteiger charge is 2.02. The number of thioether (sulfide) groups is 1. The Morgan fingerprint density at radius 2 is 1.83 bits per heavy atom. The summed E-state index contributed by atoms with van der Waals surface area (Å²) in [5, 5.41) is 3.51. The Balaban J connectivity index is 1.56. The molecule has 3 nitrogen and oxygen atoms in total. The highest BCUT2D eigenvalue weighted by atomic mass is 35.5. The first-order chi connectivity index (χ1) is 11.1. The largest absolute Gasteiger partial charge is 0.484 e. The number of nitrogens with one attached hydrogen (secondary N) is 1.